The molecule has 160 valence electrons. The van der Waals surface area contributed by atoms with E-state index < -0.39 is 7.12 Å². The molecule has 3 heteroatoms. The van der Waals surface area contributed by atoms with Crippen LogP contribution in [0.1, 0.15) is 22.3 Å². The highest BCUT2D eigenvalue weighted by molar-refractivity contribution is 6.63. The Kier molecular flexibility index (Phi) is 6.28. The van der Waals surface area contributed by atoms with Gasteiger partial charge in [0.2, 0.25) is 0 Å². The Bertz CT molecular complexity index is 1400. The topological polar surface area (TPSA) is 40.5 Å². The summed E-state index contributed by atoms with van der Waals surface area (Å²) < 4.78 is 0. The average Bonchev–Trinajstić information content (AvgIpc) is 2.86. The van der Waals surface area contributed by atoms with E-state index in [2.05, 4.69) is 56.6 Å². The molecule has 4 aromatic carbocycles. The molecule has 4 rings (SSSR count). The standard InChI is InChI=1S/C30H25BO2/c1-5-20-12-11-15-26(23(20)6-2)21-16-18-22(19-17-21)29-24(7-3)25(8-4)30(31(32)33)28-14-10-9-13-27(28)29/h5-19,32-33H,1-4H2. The van der Waals surface area contributed by atoms with E-state index in [1.165, 1.54) is 0 Å². The van der Waals surface area contributed by atoms with E-state index in [0.717, 1.165) is 49.7 Å². The van der Waals surface area contributed by atoms with Gasteiger partial charge in [-0.15, -0.1) is 0 Å². The molecule has 0 aromatic heterocycles. The van der Waals surface area contributed by atoms with Gasteiger partial charge in [0.1, 0.15) is 0 Å². The summed E-state index contributed by atoms with van der Waals surface area (Å²) >= 11 is 0. The van der Waals surface area contributed by atoms with Gasteiger partial charge in [-0.2, -0.15) is 0 Å². The summed E-state index contributed by atoms with van der Waals surface area (Å²) in [6.45, 7) is 15.8. The molecular formula is C30H25BO2. The SMILES string of the molecule is C=Cc1cccc(-c2ccc(-c3c(C=C)c(C=C)c(B(O)O)c4ccccc34)cc2)c1C=C. The second-order valence-electron chi connectivity index (χ2n) is 7.74. The van der Waals surface area contributed by atoms with Crippen molar-refractivity contribution in [2.45, 2.75) is 0 Å². The fraction of sp³-hybridized carbons (Fsp3) is 0. The number of hydrogen-bond acceptors (Lipinski definition) is 2. The Hall–Kier alpha value is -3.92. The van der Waals surface area contributed by atoms with Crippen LogP contribution < -0.4 is 5.46 Å². The Morgan fingerprint density at radius 1 is 0.576 bits per heavy atom. The van der Waals surface area contributed by atoms with Gasteiger partial charge in [-0.05, 0) is 60.7 Å². The molecule has 0 unspecified atom stereocenters. The van der Waals surface area contributed by atoms with Crippen LogP contribution in [0.3, 0.4) is 0 Å². The van der Waals surface area contributed by atoms with Crippen molar-refractivity contribution in [3.05, 3.63) is 115 Å². The van der Waals surface area contributed by atoms with Crippen LogP contribution >= 0.6 is 0 Å². The van der Waals surface area contributed by atoms with Gasteiger partial charge in [-0.25, -0.2) is 0 Å². The predicted octanol–water partition coefficient (Wildman–Crippen LogP) is 6.43. The maximum absolute atomic E-state index is 10.1. The maximum Gasteiger partial charge on any atom is 0.489 e. The van der Waals surface area contributed by atoms with Gasteiger partial charge in [0.25, 0.3) is 0 Å². The van der Waals surface area contributed by atoms with Crippen molar-refractivity contribution < 1.29 is 10.0 Å². The molecule has 0 spiro atoms. The van der Waals surface area contributed by atoms with Gasteiger partial charge < -0.3 is 10.0 Å². The Morgan fingerprint density at radius 2 is 1.18 bits per heavy atom. The molecule has 0 saturated heterocycles. The van der Waals surface area contributed by atoms with Crippen molar-refractivity contribution in [2.75, 3.05) is 0 Å². The summed E-state index contributed by atoms with van der Waals surface area (Å²) in [7, 11) is -1.62. The van der Waals surface area contributed by atoms with Crippen LogP contribution in [-0.2, 0) is 0 Å². The normalized spacial score (nSPS) is 10.6. The van der Waals surface area contributed by atoms with Crippen LogP contribution in [0.5, 0.6) is 0 Å². The van der Waals surface area contributed by atoms with Crippen molar-refractivity contribution in [1.29, 1.82) is 0 Å². The summed E-state index contributed by atoms with van der Waals surface area (Å²) in [5.74, 6) is 0. The molecule has 0 aliphatic rings. The minimum absolute atomic E-state index is 0.438. The zero-order valence-corrected chi connectivity index (χ0v) is 18.5. The molecule has 4 aromatic rings. The third-order valence-corrected chi connectivity index (χ3v) is 6.05. The first-order chi connectivity index (χ1) is 16.0. The Labute approximate surface area is 195 Å². The van der Waals surface area contributed by atoms with E-state index in [1.54, 1.807) is 12.2 Å². The molecule has 0 radical (unpaired) electrons. The number of rotatable bonds is 7. The lowest BCUT2D eigenvalue weighted by Crippen LogP contribution is -2.33. The number of fused-ring (bicyclic) bond motifs is 1. The van der Waals surface area contributed by atoms with Gasteiger partial charge in [0.05, 0.1) is 0 Å². The first kappa shape index (κ1) is 22.3. The molecule has 0 fully saturated rings. The molecule has 0 heterocycles. The molecule has 0 atom stereocenters. The average molecular weight is 428 g/mol. The van der Waals surface area contributed by atoms with E-state index >= 15 is 0 Å². The van der Waals surface area contributed by atoms with Crippen LogP contribution in [-0.4, -0.2) is 17.2 Å². The largest absolute Gasteiger partial charge is 0.489 e. The van der Waals surface area contributed by atoms with Crippen LogP contribution in [0.25, 0.3) is 57.3 Å². The first-order valence-corrected chi connectivity index (χ1v) is 10.7. The number of benzene rings is 4. The highest BCUT2D eigenvalue weighted by atomic mass is 16.4. The second-order valence-corrected chi connectivity index (χ2v) is 7.74. The molecule has 0 bridgehead atoms. The van der Waals surface area contributed by atoms with Gasteiger partial charge in [-0.3, -0.25) is 0 Å². The van der Waals surface area contributed by atoms with Crippen molar-refractivity contribution >= 4 is 47.7 Å². The van der Waals surface area contributed by atoms with Gasteiger partial charge in [0, 0.05) is 0 Å². The van der Waals surface area contributed by atoms with Crippen molar-refractivity contribution in [1.82, 2.24) is 0 Å². The third-order valence-electron chi connectivity index (χ3n) is 6.05. The highest BCUT2D eigenvalue weighted by Crippen LogP contribution is 2.37. The molecular weight excluding hydrogens is 403 g/mol. The fourth-order valence-electron chi connectivity index (χ4n) is 4.58. The van der Waals surface area contributed by atoms with E-state index in [-0.39, 0.29) is 0 Å². The van der Waals surface area contributed by atoms with Crippen LogP contribution in [0, 0.1) is 0 Å². The maximum atomic E-state index is 10.1. The van der Waals surface area contributed by atoms with E-state index in [9.17, 15) is 10.0 Å². The smallest absolute Gasteiger partial charge is 0.423 e. The summed E-state index contributed by atoms with van der Waals surface area (Å²) in [6.07, 6.45) is 7.11. The lowest BCUT2D eigenvalue weighted by molar-refractivity contribution is 0.426. The minimum atomic E-state index is -1.62. The summed E-state index contributed by atoms with van der Waals surface area (Å²) in [5, 5.41) is 22.0. The van der Waals surface area contributed by atoms with Crippen LogP contribution in [0.2, 0.25) is 0 Å². The summed E-state index contributed by atoms with van der Waals surface area (Å²) in [5.41, 5.74) is 8.18. The molecule has 0 aliphatic heterocycles. The molecule has 0 aliphatic carbocycles. The van der Waals surface area contributed by atoms with Gasteiger partial charge in [0.15, 0.2) is 0 Å². The summed E-state index contributed by atoms with van der Waals surface area (Å²) in [4.78, 5) is 0. The quantitative estimate of drug-likeness (QED) is 0.333. The first-order valence-electron chi connectivity index (χ1n) is 10.7. The van der Waals surface area contributed by atoms with Crippen molar-refractivity contribution in [3.63, 3.8) is 0 Å². The Morgan fingerprint density at radius 3 is 1.76 bits per heavy atom. The van der Waals surface area contributed by atoms with E-state index in [1.807, 2.05) is 48.6 Å². The molecule has 2 nitrogen and oxygen atoms in total. The number of hydrogen-bond donors (Lipinski definition) is 2. The summed E-state index contributed by atoms with van der Waals surface area (Å²) in [6, 6.07) is 22.2. The molecule has 0 saturated carbocycles. The highest BCUT2D eigenvalue weighted by Gasteiger charge is 2.24. The van der Waals surface area contributed by atoms with E-state index in [4.69, 9.17) is 0 Å². The van der Waals surface area contributed by atoms with Crippen LogP contribution in [0.4, 0.5) is 0 Å². The second kappa shape index (κ2) is 9.29. The zero-order chi connectivity index (χ0) is 23.5. The van der Waals surface area contributed by atoms with Crippen LogP contribution in [0.15, 0.2) is 93.0 Å². The molecule has 33 heavy (non-hydrogen) atoms. The monoisotopic (exact) mass is 428 g/mol. The van der Waals surface area contributed by atoms with Crippen molar-refractivity contribution in [3.8, 4) is 22.3 Å². The lowest BCUT2D eigenvalue weighted by Gasteiger charge is -2.19. The fourth-order valence-corrected chi connectivity index (χ4v) is 4.58. The zero-order valence-electron chi connectivity index (χ0n) is 18.5. The van der Waals surface area contributed by atoms with Crippen molar-refractivity contribution in [2.24, 2.45) is 0 Å². The third kappa shape index (κ3) is 3.78. The molecule has 2 N–H and O–H groups in total. The van der Waals surface area contributed by atoms with E-state index in [0.29, 0.717) is 11.0 Å². The lowest BCUT2D eigenvalue weighted by atomic mass is 9.70. The van der Waals surface area contributed by atoms with Gasteiger partial charge in [-0.1, -0.05) is 117 Å². The van der Waals surface area contributed by atoms with Gasteiger partial charge >= 0.3 is 7.12 Å². The minimum Gasteiger partial charge on any atom is -0.423 e. The predicted molar refractivity (Wildman–Crippen MR) is 145 cm³/mol. The Balaban J connectivity index is 1.97. The molecule has 0 amide bonds.